The molecular weight excluding hydrogens is 302 g/mol. The summed E-state index contributed by atoms with van der Waals surface area (Å²) in [5, 5.41) is 0.489. The number of hydrogen-bond acceptors (Lipinski definition) is 4. The van der Waals surface area contributed by atoms with Gasteiger partial charge in [-0.3, -0.25) is 9.69 Å². The van der Waals surface area contributed by atoms with Crippen molar-refractivity contribution < 1.29 is 14.3 Å². The van der Waals surface area contributed by atoms with Gasteiger partial charge in [-0.2, -0.15) is 0 Å². The van der Waals surface area contributed by atoms with Crippen molar-refractivity contribution in [1.82, 2.24) is 4.90 Å². The number of hydrogen-bond donors (Lipinski definition) is 0. The highest BCUT2D eigenvalue weighted by Gasteiger charge is 2.24. The number of benzene rings is 1. The van der Waals surface area contributed by atoms with Crippen LogP contribution >= 0.6 is 11.6 Å². The highest BCUT2D eigenvalue weighted by atomic mass is 35.5. The third-order valence-electron chi connectivity index (χ3n) is 3.58. The summed E-state index contributed by atoms with van der Waals surface area (Å²) in [4.78, 5) is 14.6. The fraction of sp³-hybridized carbons (Fsp3) is 0.588. The summed E-state index contributed by atoms with van der Waals surface area (Å²) in [5.41, 5.74) is 0.626. The maximum atomic E-state index is 12.4. The smallest absolute Gasteiger partial charge is 0.176 e. The number of ketones is 1. The molecule has 1 aromatic carbocycles. The summed E-state index contributed by atoms with van der Waals surface area (Å²) in [5.74, 6) is 0.707. The monoisotopic (exact) mass is 325 g/mol. The molecule has 22 heavy (non-hydrogen) atoms. The Hall–Kier alpha value is -1.10. The Bertz CT molecular complexity index is 511. The average Bonchev–Trinajstić information content (AvgIpc) is 2.44. The molecule has 0 aliphatic carbocycles. The maximum Gasteiger partial charge on any atom is 0.176 e. The van der Waals surface area contributed by atoms with Crippen molar-refractivity contribution >= 4 is 17.4 Å². The molecule has 1 saturated heterocycles. The lowest BCUT2D eigenvalue weighted by molar-refractivity contribution is -0.0652. The zero-order valence-electron chi connectivity index (χ0n) is 13.5. The van der Waals surface area contributed by atoms with Gasteiger partial charge in [-0.05, 0) is 38.5 Å². The van der Waals surface area contributed by atoms with Crippen molar-refractivity contribution in [2.75, 3.05) is 26.2 Å². The van der Waals surface area contributed by atoms with Crippen LogP contribution in [0.1, 0.15) is 37.6 Å². The predicted molar refractivity (Wildman–Crippen MR) is 88.0 cm³/mol. The van der Waals surface area contributed by atoms with E-state index in [1.165, 1.54) is 0 Å². The molecule has 1 fully saturated rings. The Morgan fingerprint density at radius 1 is 1.36 bits per heavy atom. The second kappa shape index (κ2) is 7.95. The predicted octanol–water partition coefficient (Wildman–Crippen LogP) is 3.42. The normalized spacial score (nSPS) is 22.5. The Kier molecular flexibility index (Phi) is 6.24. The zero-order chi connectivity index (χ0) is 16.1. The molecule has 122 valence electrons. The number of halogens is 1. The molecule has 1 aliphatic heterocycles. The summed E-state index contributed by atoms with van der Waals surface area (Å²) in [7, 11) is 0. The molecule has 2 unspecified atom stereocenters. The van der Waals surface area contributed by atoms with E-state index in [4.69, 9.17) is 21.1 Å². The van der Waals surface area contributed by atoms with Crippen LogP contribution in [0.2, 0.25) is 5.02 Å². The molecular formula is C17H24ClNO3. The topological polar surface area (TPSA) is 38.8 Å². The minimum Gasteiger partial charge on any atom is -0.492 e. The number of Topliss-reactive ketones (excluding diaryl/α,β-unsaturated/α-hetero) is 1. The number of ether oxygens (including phenoxy) is 2. The van der Waals surface area contributed by atoms with Crippen molar-refractivity contribution in [1.29, 1.82) is 0 Å². The third-order valence-corrected chi connectivity index (χ3v) is 3.87. The summed E-state index contributed by atoms with van der Waals surface area (Å²) in [6, 6.07) is 5.25. The molecule has 5 heteroatoms. The standard InChI is InChI=1S/C17H24ClNO3/c1-4-7-21-17-6-5-14(8-15(17)18)16(20)11-19-9-12(2)22-13(3)10-19/h5-6,8,12-13H,4,7,9-11H2,1-3H3. The molecule has 2 rings (SSSR count). The van der Waals surface area contributed by atoms with Crippen LogP contribution in [-0.2, 0) is 4.74 Å². The van der Waals surface area contributed by atoms with E-state index in [1.807, 2.05) is 20.8 Å². The van der Waals surface area contributed by atoms with Crippen LogP contribution in [0.4, 0.5) is 0 Å². The molecule has 0 amide bonds. The summed E-state index contributed by atoms with van der Waals surface area (Å²) in [6.07, 6.45) is 1.24. The molecule has 2 atom stereocenters. The first-order valence-electron chi connectivity index (χ1n) is 7.83. The molecule has 0 bridgehead atoms. The second-order valence-electron chi connectivity index (χ2n) is 5.87. The van der Waals surface area contributed by atoms with Crippen LogP contribution in [0.25, 0.3) is 0 Å². The van der Waals surface area contributed by atoms with E-state index in [9.17, 15) is 4.79 Å². The summed E-state index contributed by atoms with van der Waals surface area (Å²) in [6.45, 7) is 8.67. The van der Waals surface area contributed by atoms with Gasteiger partial charge in [-0.15, -0.1) is 0 Å². The summed E-state index contributed by atoms with van der Waals surface area (Å²) >= 11 is 6.19. The van der Waals surface area contributed by atoms with Gasteiger partial charge in [-0.25, -0.2) is 0 Å². The quantitative estimate of drug-likeness (QED) is 0.751. The molecule has 0 spiro atoms. The number of carbonyl (C=O) groups excluding carboxylic acids is 1. The molecule has 1 aromatic rings. The van der Waals surface area contributed by atoms with Gasteiger partial charge in [0.2, 0.25) is 0 Å². The molecule has 0 aromatic heterocycles. The number of nitrogens with zero attached hydrogens (tertiary/aromatic N) is 1. The van der Waals surface area contributed by atoms with Gasteiger partial charge in [0.05, 0.1) is 30.4 Å². The van der Waals surface area contributed by atoms with E-state index in [1.54, 1.807) is 18.2 Å². The highest BCUT2D eigenvalue weighted by molar-refractivity contribution is 6.32. The van der Waals surface area contributed by atoms with Gasteiger partial charge >= 0.3 is 0 Å². The Labute approximate surface area is 137 Å². The van der Waals surface area contributed by atoms with Crippen molar-refractivity contribution in [3.63, 3.8) is 0 Å². The number of carbonyl (C=O) groups is 1. The highest BCUT2D eigenvalue weighted by Crippen LogP contribution is 2.26. The van der Waals surface area contributed by atoms with Crippen molar-refractivity contribution in [2.45, 2.75) is 39.4 Å². The zero-order valence-corrected chi connectivity index (χ0v) is 14.2. The molecule has 0 radical (unpaired) electrons. The first kappa shape index (κ1) is 17.3. The van der Waals surface area contributed by atoms with Crippen LogP contribution in [0, 0.1) is 0 Å². The Morgan fingerprint density at radius 2 is 2.05 bits per heavy atom. The molecule has 1 aliphatic rings. The SMILES string of the molecule is CCCOc1ccc(C(=O)CN2CC(C)OC(C)C2)cc1Cl. The molecule has 0 N–H and O–H groups in total. The third kappa shape index (κ3) is 4.70. The lowest BCUT2D eigenvalue weighted by atomic mass is 10.1. The lowest BCUT2D eigenvalue weighted by Crippen LogP contribution is -2.47. The van der Waals surface area contributed by atoms with Crippen LogP contribution in [0.5, 0.6) is 5.75 Å². The average molecular weight is 326 g/mol. The van der Waals surface area contributed by atoms with E-state index in [2.05, 4.69) is 4.90 Å². The van der Waals surface area contributed by atoms with E-state index in [0.717, 1.165) is 19.5 Å². The fourth-order valence-corrected chi connectivity index (χ4v) is 2.95. The Balaban J connectivity index is 1.99. The van der Waals surface area contributed by atoms with E-state index in [-0.39, 0.29) is 18.0 Å². The molecule has 1 heterocycles. The van der Waals surface area contributed by atoms with E-state index >= 15 is 0 Å². The van der Waals surface area contributed by atoms with E-state index < -0.39 is 0 Å². The van der Waals surface area contributed by atoms with Crippen molar-refractivity contribution in [3.05, 3.63) is 28.8 Å². The number of morpholine rings is 1. The second-order valence-corrected chi connectivity index (χ2v) is 6.28. The van der Waals surface area contributed by atoms with Gasteiger partial charge in [-0.1, -0.05) is 18.5 Å². The van der Waals surface area contributed by atoms with Crippen molar-refractivity contribution in [3.8, 4) is 5.75 Å². The first-order valence-corrected chi connectivity index (χ1v) is 8.20. The van der Waals surface area contributed by atoms with Crippen LogP contribution in [0.3, 0.4) is 0 Å². The van der Waals surface area contributed by atoms with Crippen molar-refractivity contribution in [2.24, 2.45) is 0 Å². The summed E-state index contributed by atoms with van der Waals surface area (Å²) < 4.78 is 11.2. The molecule has 0 saturated carbocycles. The number of rotatable bonds is 6. The van der Waals surface area contributed by atoms with E-state index in [0.29, 0.717) is 29.5 Å². The van der Waals surface area contributed by atoms with Crippen LogP contribution < -0.4 is 4.74 Å². The minimum atomic E-state index is 0.0743. The van der Waals surface area contributed by atoms with Gasteiger partial charge in [0.15, 0.2) is 5.78 Å². The lowest BCUT2D eigenvalue weighted by Gasteiger charge is -2.34. The van der Waals surface area contributed by atoms with Gasteiger partial charge in [0.1, 0.15) is 5.75 Å². The van der Waals surface area contributed by atoms with Gasteiger partial charge < -0.3 is 9.47 Å². The van der Waals surface area contributed by atoms with Gasteiger partial charge in [0, 0.05) is 18.7 Å². The molecule has 4 nitrogen and oxygen atoms in total. The van der Waals surface area contributed by atoms with Crippen LogP contribution in [-0.4, -0.2) is 49.1 Å². The maximum absolute atomic E-state index is 12.4. The largest absolute Gasteiger partial charge is 0.492 e. The fourth-order valence-electron chi connectivity index (χ4n) is 2.71. The Morgan fingerprint density at radius 3 is 2.64 bits per heavy atom. The van der Waals surface area contributed by atoms with Gasteiger partial charge in [0.25, 0.3) is 0 Å². The minimum absolute atomic E-state index is 0.0743. The first-order chi connectivity index (χ1) is 10.5. The van der Waals surface area contributed by atoms with Crippen LogP contribution in [0.15, 0.2) is 18.2 Å².